The molecule has 1 aromatic heterocycles. The van der Waals surface area contributed by atoms with E-state index in [1.54, 1.807) is 25.3 Å². The smallest absolute Gasteiger partial charge is 0.274 e. The Balaban J connectivity index is 2.04. The second-order valence-corrected chi connectivity index (χ2v) is 3.95. The third-order valence-corrected chi connectivity index (χ3v) is 2.37. The van der Waals surface area contributed by atoms with Gasteiger partial charge in [0.25, 0.3) is 5.56 Å². The number of hydrazone groups is 1. The first-order chi connectivity index (χ1) is 8.65. The average Bonchev–Trinajstić information content (AvgIpc) is 2.36. The number of hydrogen-bond acceptors (Lipinski definition) is 5. The molecule has 0 atom stereocenters. The summed E-state index contributed by atoms with van der Waals surface area (Å²) < 4.78 is 0. The molecular weight excluding hydrogens is 254 g/mol. The molecule has 0 fully saturated rings. The first kappa shape index (κ1) is 12.3. The molecule has 0 aliphatic heterocycles. The van der Waals surface area contributed by atoms with Crippen LogP contribution in [0.25, 0.3) is 0 Å². The van der Waals surface area contributed by atoms with E-state index in [1.807, 2.05) is 12.1 Å². The summed E-state index contributed by atoms with van der Waals surface area (Å²) in [5.74, 6) is 0.191. The highest BCUT2D eigenvalue weighted by Crippen LogP contribution is 2.07. The van der Waals surface area contributed by atoms with Gasteiger partial charge in [-0.15, -0.1) is 10.2 Å². The van der Waals surface area contributed by atoms with Crippen molar-refractivity contribution in [1.29, 1.82) is 0 Å². The minimum Gasteiger partial charge on any atom is -0.288 e. The largest absolute Gasteiger partial charge is 0.288 e. The Kier molecular flexibility index (Phi) is 3.69. The van der Waals surface area contributed by atoms with Crippen molar-refractivity contribution >= 4 is 23.8 Å². The van der Waals surface area contributed by atoms with Crippen LogP contribution in [0.4, 0.5) is 5.95 Å². The molecule has 7 heteroatoms. The van der Waals surface area contributed by atoms with Crippen LogP contribution in [0.2, 0.25) is 5.02 Å². The summed E-state index contributed by atoms with van der Waals surface area (Å²) in [6.45, 7) is 1.58. The van der Waals surface area contributed by atoms with Crippen LogP contribution in [0, 0.1) is 6.92 Å². The summed E-state index contributed by atoms with van der Waals surface area (Å²) in [6, 6.07) is 7.15. The quantitative estimate of drug-likeness (QED) is 0.650. The molecule has 0 saturated carbocycles. The van der Waals surface area contributed by atoms with Crippen LogP contribution >= 0.6 is 11.6 Å². The fraction of sp³-hybridized carbons (Fsp3) is 0.0909. The Labute approximate surface area is 108 Å². The van der Waals surface area contributed by atoms with E-state index >= 15 is 0 Å². The number of aromatic nitrogens is 3. The van der Waals surface area contributed by atoms with Crippen molar-refractivity contribution < 1.29 is 0 Å². The molecule has 6 nitrogen and oxygen atoms in total. The van der Waals surface area contributed by atoms with E-state index in [1.165, 1.54) is 0 Å². The normalized spacial score (nSPS) is 10.8. The molecule has 0 amide bonds. The van der Waals surface area contributed by atoms with Gasteiger partial charge in [0.15, 0.2) is 0 Å². The zero-order valence-corrected chi connectivity index (χ0v) is 10.3. The molecular formula is C11H10ClN5O. The molecule has 2 aromatic rings. The van der Waals surface area contributed by atoms with Crippen molar-refractivity contribution in [2.45, 2.75) is 6.92 Å². The summed E-state index contributed by atoms with van der Waals surface area (Å²) in [5.41, 5.74) is 3.46. The maximum absolute atomic E-state index is 11.2. The summed E-state index contributed by atoms with van der Waals surface area (Å²) in [6.07, 6.45) is 1.58. The zero-order chi connectivity index (χ0) is 13.0. The van der Waals surface area contributed by atoms with Crippen LogP contribution in [-0.2, 0) is 0 Å². The molecule has 0 unspecified atom stereocenters. The SMILES string of the molecule is Cc1nnc(N/N=C/c2ccc(Cl)cc2)[nH]c1=O. The Bertz CT molecular complexity index is 620. The summed E-state index contributed by atoms with van der Waals surface area (Å²) >= 11 is 5.76. The van der Waals surface area contributed by atoms with Crippen molar-refractivity contribution in [1.82, 2.24) is 15.2 Å². The molecule has 1 heterocycles. The number of H-pyrrole nitrogens is 1. The van der Waals surface area contributed by atoms with E-state index in [0.29, 0.717) is 10.7 Å². The summed E-state index contributed by atoms with van der Waals surface area (Å²) in [7, 11) is 0. The van der Waals surface area contributed by atoms with E-state index in [-0.39, 0.29) is 11.5 Å². The number of hydrogen-bond donors (Lipinski definition) is 2. The number of nitrogens with one attached hydrogen (secondary N) is 2. The summed E-state index contributed by atoms with van der Waals surface area (Å²) in [5, 5.41) is 12.0. The predicted octanol–water partition coefficient (Wildman–Crippen LogP) is 1.57. The highest BCUT2D eigenvalue weighted by Gasteiger charge is 1.97. The lowest BCUT2D eigenvalue weighted by Gasteiger charge is -1.98. The maximum Gasteiger partial charge on any atom is 0.274 e. The standard InChI is InChI=1S/C11H10ClN5O/c1-7-10(18)14-11(17-15-7)16-13-6-8-2-4-9(12)5-3-8/h2-6H,1H3,(H2,14,16,17,18)/b13-6+. The van der Waals surface area contributed by atoms with Crippen molar-refractivity contribution in [3.63, 3.8) is 0 Å². The highest BCUT2D eigenvalue weighted by molar-refractivity contribution is 6.30. The highest BCUT2D eigenvalue weighted by atomic mass is 35.5. The van der Waals surface area contributed by atoms with Gasteiger partial charge in [-0.05, 0) is 24.6 Å². The van der Waals surface area contributed by atoms with Crippen LogP contribution < -0.4 is 11.0 Å². The first-order valence-electron chi connectivity index (χ1n) is 5.13. The Hall–Kier alpha value is -2.21. The lowest BCUT2D eigenvalue weighted by Crippen LogP contribution is -2.15. The molecule has 2 N–H and O–H groups in total. The lowest BCUT2D eigenvalue weighted by molar-refractivity contribution is 0.897. The molecule has 0 saturated heterocycles. The molecule has 0 spiro atoms. The molecule has 1 aromatic carbocycles. The van der Waals surface area contributed by atoms with E-state index < -0.39 is 0 Å². The minimum absolute atomic E-state index is 0.191. The zero-order valence-electron chi connectivity index (χ0n) is 9.51. The number of anilines is 1. The second-order valence-electron chi connectivity index (χ2n) is 3.51. The third-order valence-electron chi connectivity index (χ3n) is 2.11. The van der Waals surface area contributed by atoms with Gasteiger partial charge in [-0.1, -0.05) is 23.7 Å². The van der Waals surface area contributed by atoms with Crippen molar-refractivity contribution in [2.24, 2.45) is 5.10 Å². The fourth-order valence-electron chi connectivity index (χ4n) is 1.16. The molecule has 18 heavy (non-hydrogen) atoms. The predicted molar refractivity (Wildman–Crippen MR) is 70.1 cm³/mol. The molecule has 0 radical (unpaired) electrons. The average molecular weight is 264 g/mol. The number of aryl methyl sites for hydroxylation is 1. The van der Waals surface area contributed by atoms with Gasteiger partial charge in [0.1, 0.15) is 5.69 Å². The maximum atomic E-state index is 11.2. The molecule has 92 valence electrons. The van der Waals surface area contributed by atoms with Gasteiger partial charge in [-0.3, -0.25) is 9.78 Å². The van der Waals surface area contributed by atoms with Crippen LogP contribution in [0.1, 0.15) is 11.3 Å². The fourth-order valence-corrected chi connectivity index (χ4v) is 1.29. The molecule has 2 rings (SSSR count). The number of halogens is 1. The van der Waals surface area contributed by atoms with Gasteiger partial charge in [-0.2, -0.15) is 5.10 Å². The van der Waals surface area contributed by atoms with E-state index in [9.17, 15) is 4.79 Å². The van der Waals surface area contributed by atoms with E-state index in [4.69, 9.17) is 11.6 Å². The van der Waals surface area contributed by atoms with Gasteiger partial charge < -0.3 is 0 Å². The minimum atomic E-state index is -0.297. The Morgan fingerprint density at radius 3 is 2.72 bits per heavy atom. The first-order valence-corrected chi connectivity index (χ1v) is 5.51. The molecule has 0 aliphatic rings. The number of aromatic amines is 1. The van der Waals surface area contributed by atoms with Gasteiger partial charge >= 0.3 is 0 Å². The monoisotopic (exact) mass is 263 g/mol. The lowest BCUT2D eigenvalue weighted by atomic mass is 10.2. The van der Waals surface area contributed by atoms with Crippen molar-refractivity contribution in [3.8, 4) is 0 Å². The van der Waals surface area contributed by atoms with Gasteiger partial charge in [-0.25, -0.2) is 5.43 Å². The van der Waals surface area contributed by atoms with E-state index in [0.717, 1.165) is 5.56 Å². The van der Waals surface area contributed by atoms with Crippen LogP contribution in [0.5, 0.6) is 0 Å². The number of rotatable bonds is 3. The Morgan fingerprint density at radius 2 is 2.06 bits per heavy atom. The van der Waals surface area contributed by atoms with Gasteiger partial charge in [0.05, 0.1) is 6.21 Å². The van der Waals surface area contributed by atoms with Gasteiger partial charge in [0, 0.05) is 5.02 Å². The van der Waals surface area contributed by atoms with Crippen molar-refractivity contribution in [3.05, 3.63) is 50.9 Å². The molecule has 0 aliphatic carbocycles. The second kappa shape index (κ2) is 5.42. The van der Waals surface area contributed by atoms with Crippen LogP contribution in [0.3, 0.4) is 0 Å². The Morgan fingerprint density at radius 1 is 1.33 bits per heavy atom. The third kappa shape index (κ3) is 3.14. The van der Waals surface area contributed by atoms with Crippen LogP contribution in [0.15, 0.2) is 34.2 Å². The topological polar surface area (TPSA) is 83.0 Å². The van der Waals surface area contributed by atoms with Gasteiger partial charge in [0.2, 0.25) is 5.95 Å². The summed E-state index contributed by atoms with van der Waals surface area (Å²) in [4.78, 5) is 13.7. The number of benzene rings is 1. The molecule has 0 bridgehead atoms. The van der Waals surface area contributed by atoms with E-state index in [2.05, 4.69) is 25.7 Å². The number of nitrogens with zero attached hydrogens (tertiary/aromatic N) is 3. The van der Waals surface area contributed by atoms with Crippen molar-refractivity contribution in [2.75, 3.05) is 5.43 Å². The van der Waals surface area contributed by atoms with Crippen LogP contribution in [-0.4, -0.2) is 21.4 Å².